The molecule has 0 heterocycles. The molecule has 0 amide bonds. The van der Waals surface area contributed by atoms with Gasteiger partial charge in [-0.25, -0.2) is 0 Å². The predicted molar refractivity (Wildman–Crippen MR) is 15.0 cm³/mol. The summed E-state index contributed by atoms with van der Waals surface area (Å²) in [6.07, 6.45) is 0. The number of hydrogen-bond donors (Lipinski definition) is 0. The molecule has 19 valence electrons. The van der Waals surface area contributed by atoms with Crippen molar-refractivity contribution in [1.82, 2.24) is 0 Å². The third-order valence-corrected chi connectivity index (χ3v) is 0. The van der Waals surface area contributed by atoms with Crippen LogP contribution in [0.4, 0.5) is 0 Å². The van der Waals surface area contributed by atoms with Crippen molar-refractivity contribution in [3.8, 4) is 0 Å². The molecule has 0 saturated heterocycles. The quantitative estimate of drug-likeness (QED) is 0.379. The summed E-state index contributed by atoms with van der Waals surface area (Å²) in [5, 5.41) is 0. The molecule has 4 heavy (non-hydrogen) atoms. The van der Waals surface area contributed by atoms with Crippen molar-refractivity contribution in [1.29, 1.82) is 0 Å². The Kier molecular flexibility index (Phi) is 66.1. The molecule has 0 unspecified atom stereocenters. The molecule has 0 rings (SSSR count). The molecular formula is H2OPbSrTa. The van der Waals surface area contributed by atoms with E-state index in [0.29, 0.717) is 0 Å². The van der Waals surface area contributed by atoms with Gasteiger partial charge in [0.2, 0.25) is 0 Å². The van der Waals surface area contributed by atoms with E-state index in [4.69, 9.17) is 2.69 Å². The Labute approximate surface area is 93.8 Å². The predicted octanol–water partition coefficient (Wildman–Crippen LogP) is -1.42. The zero-order valence-corrected chi connectivity index (χ0v) is 8.46. The maximum Gasteiger partial charge on any atom is 0 e. The summed E-state index contributed by atoms with van der Waals surface area (Å²) in [6, 6.07) is 0. The smallest absolute Gasteiger partial charge is 0 e. The molecule has 0 aliphatic heterocycles. The first-order chi connectivity index (χ1) is 1.00. The molecule has 0 fully saturated rings. The van der Waals surface area contributed by atoms with Crippen molar-refractivity contribution in [2.24, 2.45) is 0 Å². The van der Waals surface area contributed by atoms with E-state index in [0.717, 1.165) is 0 Å². The Morgan fingerprint density at radius 2 is 1.25 bits per heavy atom. The van der Waals surface area contributed by atoms with Gasteiger partial charge in [0.05, 0.1) is 0 Å². The molecule has 0 saturated carbocycles. The second-order valence-corrected chi connectivity index (χ2v) is 0. The second kappa shape index (κ2) is 16.8. The molecule has 0 aliphatic rings. The normalized spacial score (nSPS) is 1.00. The van der Waals surface area contributed by atoms with E-state index in [-0.39, 0.29) is 93.6 Å². The molecule has 0 atom stereocenters. The summed E-state index contributed by atoms with van der Waals surface area (Å²) in [5.41, 5.74) is 0. The number of rotatable bonds is 0. The van der Waals surface area contributed by atoms with Crippen molar-refractivity contribution in [2.75, 3.05) is 0 Å². The van der Waals surface area contributed by atoms with Crippen molar-refractivity contribution >= 4 is 71.3 Å². The van der Waals surface area contributed by atoms with Crippen molar-refractivity contribution in [2.45, 2.75) is 0 Å². The molecule has 0 aromatic carbocycles. The third-order valence-electron chi connectivity index (χ3n) is 0. The molecule has 0 N–H and O–H groups in total. The Morgan fingerprint density at radius 3 is 1.25 bits per heavy atom. The van der Waals surface area contributed by atoms with E-state index < -0.39 is 0 Å². The standard InChI is InChI=1S/O.Pb.Sr.Ta.2H. The van der Waals surface area contributed by atoms with Crippen LogP contribution in [-0.2, 0) is 25.1 Å². The van der Waals surface area contributed by atoms with Gasteiger partial charge in [0.15, 0.2) is 0 Å². The fourth-order valence-electron chi connectivity index (χ4n) is 0. The largest absolute Gasteiger partial charge is 0 e. The summed E-state index contributed by atoms with van der Waals surface area (Å²) in [5.74, 6) is 0. The average molecular weight is 494 g/mol. The first-order valence-corrected chi connectivity index (χ1v) is 1.79. The molecule has 0 aliphatic carbocycles. The minimum Gasteiger partial charge on any atom is 0 e. The molecule has 0 bridgehead atoms. The van der Waals surface area contributed by atoms with E-state index in [2.05, 4.69) is 0 Å². The Balaban J connectivity index is -0.00000000500. The van der Waals surface area contributed by atoms with Crippen LogP contribution in [-0.4, -0.2) is 71.3 Å². The molecule has 0 spiro atoms. The van der Waals surface area contributed by atoms with Crippen molar-refractivity contribution in [3.05, 3.63) is 0 Å². The van der Waals surface area contributed by atoms with Crippen LogP contribution in [0.1, 0.15) is 0 Å². The van der Waals surface area contributed by atoms with Gasteiger partial charge in [-0.1, -0.05) is 0 Å². The van der Waals surface area contributed by atoms with Crippen molar-refractivity contribution in [3.63, 3.8) is 0 Å². The number of hydrogen-bond acceptors (Lipinski definition) is 1. The molecule has 0 aromatic heterocycles. The average Bonchev–Trinajstić information content (AvgIpc) is 1.00. The zero-order valence-electron chi connectivity index (χ0n) is 1.36. The van der Waals surface area contributed by atoms with E-state index >= 15 is 0 Å². The van der Waals surface area contributed by atoms with E-state index in [1.165, 1.54) is 0 Å². The van der Waals surface area contributed by atoms with Crippen LogP contribution in [0.15, 0.2) is 0 Å². The van der Waals surface area contributed by atoms with Crippen LogP contribution >= 0.6 is 0 Å². The summed E-state index contributed by atoms with van der Waals surface area (Å²) < 4.78 is 8.39. The molecule has 3 radical (unpaired) electrons. The van der Waals surface area contributed by atoms with Crippen LogP contribution in [0, 0.1) is 0 Å². The van der Waals surface area contributed by atoms with Crippen LogP contribution in [0.25, 0.3) is 0 Å². The third kappa shape index (κ3) is 8.87. The van der Waals surface area contributed by atoms with Gasteiger partial charge in [-0.15, -0.1) is 0 Å². The van der Waals surface area contributed by atoms with Gasteiger partial charge < -0.3 is 0 Å². The molecule has 1 nitrogen and oxygen atoms in total. The summed E-state index contributed by atoms with van der Waals surface area (Å²) in [7, 11) is 0. The van der Waals surface area contributed by atoms with E-state index in [9.17, 15) is 0 Å². The fourth-order valence-corrected chi connectivity index (χ4v) is 0. The van der Waals surface area contributed by atoms with Crippen molar-refractivity contribution < 1.29 is 25.1 Å². The Bertz CT molecular complexity index is 8.00. The topological polar surface area (TPSA) is 17.1 Å². The van der Waals surface area contributed by atoms with E-state index in [1.807, 2.05) is 0 Å². The molecule has 0 aromatic rings. The summed E-state index contributed by atoms with van der Waals surface area (Å²) >= 11 is 0.0556. The fraction of sp³-hybridized carbons (Fsp3) is 0. The zero-order chi connectivity index (χ0) is 2.00. The second-order valence-electron chi connectivity index (χ2n) is 0. The van der Waals surface area contributed by atoms with Crippen LogP contribution in [0.5, 0.6) is 0 Å². The van der Waals surface area contributed by atoms with Gasteiger partial charge in [-0.05, 0) is 0 Å². The summed E-state index contributed by atoms with van der Waals surface area (Å²) in [4.78, 5) is 0. The van der Waals surface area contributed by atoms with Crippen LogP contribution in [0.3, 0.4) is 0 Å². The van der Waals surface area contributed by atoms with Gasteiger partial charge in [0.1, 0.15) is 0 Å². The van der Waals surface area contributed by atoms with E-state index in [1.54, 1.807) is 0 Å². The SMILES string of the molecule is [O]=[Pb].[SrH2].[Ta]. The Morgan fingerprint density at radius 1 is 1.25 bits per heavy atom. The Hall–Kier alpha value is 2.94. The maximum atomic E-state index is 8.39. The van der Waals surface area contributed by atoms with Gasteiger partial charge >= 0.3 is 73.9 Å². The molecule has 4 heteroatoms. The van der Waals surface area contributed by atoms with Gasteiger partial charge in [-0.3, -0.25) is 0 Å². The summed E-state index contributed by atoms with van der Waals surface area (Å²) in [6.45, 7) is 0. The van der Waals surface area contributed by atoms with Gasteiger partial charge in [0.25, 0.3) is 0 Å². The van der Waals surface area contributed by atoms with Gasteiger partial charge in [-0.2, -0.15) is 0 Å². The molecular weight excluding hydrogens is 492 g/mol. The first-order valence-electron chi connectivity index (χ1n) is 0.204. The van der Waals surface area contributed by atoms with Gasteiger partial charge in [0, 0.05) is 22.4 Å². The van der Waals surface area contributed by atoms with Crippen LogP contribution < -0.4 is 0 Å². The van der Waals surface area contributed by atoms with Crippen LogP contribution in [0.2, 0.25) is 0 Å². The maximum absolute atomic E-state index is 8.39. The minimum absolute atomic E-state index is 0. The first kappa shape index (κ1) is 15.8. The minimum atomic E-state index is 0. The monoisotopic (exact) mass is 495 g/mol.